The maximum Gasteiger partial charge on any atom is 0.407 e. The topological polar surface area (TPSA) is 102 Å². The SMILES string of the molecule is CC(=O)OCCOC(=O)NCC1(CC(=O)O)CCCCC1. The van der Waals surface area contributed by atoms with E-state index in [4.69, 9.17) is 9.84 Å². The average molecular weight is 301 g/mol. The lowest BCUT2D eigenvalue weighted by molar-refractivity contribution is -0.142. The van der Waals surface area contributed by atoms with Crippen molar-refractivity contribution >= 4 is 18.0 Å². The monoisotopic (exact) mass is 301 g/mol. The number of rotatable bonds is 7. The lowest BCUT2D eigenvalue weighted by Crippen LogP contribution is -2.40. The molecule has 0 aromatic heterocycles. The van der Waals surface area contributed by atoms with E-state index in [9.17, 15) is 14.4 Å². The fraction of sp³-hybridized carbons (Fsp3) is 0.786. The molecule has 120 valence electrons. The summed E-state index contributed by atoms with van der Waals surface area (Å²) in [6.07, 6.45) is 4.11. The highest BCUT2D eigenvalue weighted by Crippen LogP contribution is 2.38. The molecular weight excluding hydrogens is 278 g/mol. The molecule has 0 saturated heterocycles. The molecule has 1 aliphatic rings. The van der Waals surface area contributed by atoms with E-state index in [1.165, 1.54) is 6.92 Å². The summed E-state index contributed by atoms with van der Waals surface area (Å²) in [7, 11) is 0. The predicted octanol–water partition coefficient (Wildman–Crippen LogP) is 1.70. The van der Waals surface area contributed by atoms with E-state index in [1.54, 1.807) is 0 Å². The number of amides is 1. The minimum Gasteiger partial charge on any atom is -0.481 e. The summed E-state index contributed by atoms with van der Waals surface area (Å²) in [5, 5.41) is 11.7. The Morgan fingerprint density at radius 3 is 2.29 bits per heavy atom. The van der Waals surface area contributed by atoms with E-state index in [0.717, 1.165) is 32.1 Å². The average Bonchev–Trinajstić information content (AvgIpc) is 2.41. The van der Waals surface area contributed by atoms with Gasteiger partial charge in [-0.25, -0.2) is 4.79 Å². The minimum absolute atomic E-state index is 0.0165. The first-order chi connectivity index (χ1) is 9.93. The summed E-state index contributed by atoms with van der Waals surface area (Å²) < 4.78 is 9.50. The molecule has 21 heavy (non-hydrogen) atoms. The van der Waals surface area contributed by atoms with Crippen molar-refractivity contribution in [3.05, 3.63) is 0 Å². The Bertz CT molecular complexity index is 376. The third-order valence-electron chi connectivity index (χ3n) is 3.67. The number of carbonyl (C=O) groups excluding carboxylic acids is 2. The second-order valence-electron chi connectivity index (χ2n) is 5.46. The molecule has 0 aromatic rings. The zero-order chi connectivity index (χ0) is 15.7. The van der Waals surface area contributed by atoms with Gasteiger partial charge in [0, 0.05) is 13.5 Å². The van der Waals surface area contributed by atoms with Crippen LogP contribution in [0.5, 0.6) is 0 Å². The van der Waals surface area contributed by atoms with Crippen LogP contribution in [0.3, 0.4) is 0 Å². The molecule has 0 radical (unpaired) electrons. The number of alkyl carbamates (subject to hydrolysis) is 1. The molecule has 2 N–H and O–H groups in total. The Hall–Kier alpha value is -1.79. The van der Waals surface area contributed by atoms with Gasteiger partial charge >= 0.3 is 18.0 Å². The van der Waals surface area contributed by atoms with Crippen molar-refractivity contribution in [1.82, 2.24) is 5.32 Å². The van der Waals surface area contributed by atoms with Gasteiger partial charge in [-0.05, 0) is 18.3 Å². The van der Waals surface area contributed by atoms with Crippen LogP contribution in [-0.2, 0) is 19.1 Å². The van der Waals surface area contributed by atoms with Crippen LogP contribution >= 0.6 is 0 Å². The van der Waals surface area contributed by atoms with Gasteiger partial charge in [-0.2, -0.15) is 0 Å². The highest BCUT2D eigenvalue weighted by Gasteiger charge is 2.34. The van der Waals surface area contributed by atoms with Crippen LogP contribution in [0.15, 0.2) is 0 Å². The molecule has 1 saturated carbocycles. The Labute approximate surface area is 124 Å². The first-order valence-electron chi connectivity index (χ1n) is 7.19. The quantitative estimate of drug-likeness (QED) is 0.548. The van der Waals surface area contributed by atoms with Crippen LogP contribution in [0.2, 0.25) is 0 Å². The molecule has 0 atom stereocenters. The van der Waals surface area contributed by atoms with E-state index in [0.29, 0.717) is 6.54 Å². The number of hydrogen-bond acceptors (Lipinski definition) is 5. The predicted molar refractivity (Wildman–Crippen MR) is 73.8 cm³/mol. The number of hydrogen-bond donors (Lipinski definition) is 2. The van der Waals surface area contributed by atoms with Gasteiger partial charge in [0.15, 0.2) is 0 Å². The molecule has 1 aliphatic carbocycles. The molecule has 0 spiro atoms. The lowest BCUT2D eigenvalue weighted by Gasteiger charge is -2.36. The summed E-state index contributed by atoms with van der Waals surface area (Å²) in [6.45, 7) is 1.57. The van der Waals surface area contributed by atoms with Crippen molar-refractivity contribution in [3.63, 3.8) is 0 Å². The maximum atomic E-state index is 11.5. The normalized spacial score (nSPS) is 16.8. The second kappa shape index (κ2) is 8.49. The van der Waals surface area contributed by atoms with Gasteiger partial charge in [0.05, 0.1) is 6.42 Å². The van der Waals surface area contributed by atoms with Gasteiger partial charge in [-0.15, -0.1) is 0 Å². The third kappa shape index (κ3) is 6.97. The molecule has 0 bridgehead atoms. The molecular formula is C14H23NO6. The van der Waals surface area contributed by atoms with E-state index < -0.39 is 18.0 Å². The van der Waals surface area contributed by atoms with Crippen LogP contribution in [-0.4, -0.2) is 42.9 Å². The van der Waals surface area contributed by atoms with Gasteiger partial charge in [-0.3, -0.25) is 9.59 Å². The van der Waals surface area contributed by atoms with Gasteiger partial charge < -0.3 is 19.9 Å². The highest BCUT2D eigenvalue weighted by atomic mass is 16.6. The van der Waals surface area contributed by atoms with Crippen molar-refractivity contribution in [2.75, 3.05) is 19.8 Å². The largest absolute Gasteiger partial charge is 0.481 e. The Kier molecular flexibility index (Phi) is 6.98. The summed E-state index contributed by atoms with van der Waals surface area (Å²) in [5.74, 6) is -1.27. The van der Waals surface area contributed by atoms with Crippen molar-refractivity contribution in [3.8, 4) is 0 Å². The zero-order valence-corrected chi connectivity index (χ0v) is 12.4. The number of ether oxygens (including phenoxy) is 2. The molecule has 0 aromatic carbocycles. The molecule has 0 unspecified atom stereocenters. The van der Waals surface area contributed by atoms with Crippen LogP contribution in [0.25, 0.3) is 0 Å². The molecule has 1 fully saturated rings. The van der Waals surface area contributed by atoms with Crippen molar-refractivity contribution in [1.29, 1.82) is 0 Å². The molecule has 7 nitrogen and oxygen atoms in total. The number of nitrogens with one attached hydrogen (secondary N) is 1. The third-order valence-corrected chi connectivity index (χ3v) is 3.67. The Morgan fingerprint density at radius 2 is 1.71 bits per heavy atom. The number of carboxylic acids is 1. The number of aliphatic carboxylic acids is 1. The molecule has 0 heterocycles. The van der Waals surface area contributed by atoms with Crippen molar-refractivity contribution in [2.45, 2.75) is 45.4 Å². The molecule has 1 amide bonds. The van der Waals surface area contributed by atoms with Crippen LogP contribution in [0, 0.1) is 5.41 Å². The Morgan fingerprint density at radius 1 is 1.10 bits per heavy atom. The van der Waals surface area contributed by atoms with Crippen LogP contribution < -0.4 is 5.32 Å². The van der Waals surface area contributed by atoms with Crippen molar-refractivity contribution < 1.29 is 29.0 Å². The van der Waals surface area contributed by atoms with Crippen LogP contribution in [0.4, 0.5) is 4.79 Å². The van der Waals surface area contributed by atoms with Crippen molar-refractivity contribution in [2.24, 2.45) is 5.41 Å². The van der Waals surface area contributed by atoms with E-state index in [1.807, 2.05) is 0 Å². The summed E-state index contributed by atoms with van der Waals surface area (Å²) >= 11 is 0. The smallest absolute Gasteiger partial charge is 0.407 e. The number of carboxylic acid groups (broad SMARTS) is 1. The van der Waals surface area contributed by atoms with E-state index >= 15 is 0 Å². The zero-order valence-electron chi connectivity index (χ0n) is 12.4. The van der Waals surface area contributed by atoms with Crippen LogP contribution in [0.1, 0.15) is 45.4 Å². The van der Waals surface area contributed by atoms with E-state index in [2.05, 4.69) is 10.1 Å². The number of esters is 1. The van der Waals surface area contributed by atoms with E-state index in [-0.39, 0.29) is 25.0 Å². The second-order valence-corrected chi connectivity index (χ2v) is 5.46. The first kappa shape index (κ1) is 17.3. The Balaban J connectivity index is 2.33. The molecule has 7 heteroatoms. The summed E-state index contributed by atoms with van der Waals surface area (Å²) in [6, 6.07) is 0. The standard InChI is InChI=1S/C14H23NO6/c1-11(16)20-7-8-21-13(19)15-10-14(9-12(17)18)5-3-2-4-6-14/h2-10H2,1H3,(H,15,19)(H,17,18). The van der Waals surface area contributed by atoms with Gasteiger partial charge in [0.25, 0.3) is 0 Å². The fourth-order valence-corrected chi connectivity index (χ4v) is 2.67. The maximum absolute atomic E-state index is 11.5. The van der Waals surface area contributed by atoms with Gasteiger partial charge in [-0.1, -0.05) is 19.3 Å². The fourth-order valence-electron chi connectivity index (χ4n) is 2.67. The summed E-state index contributed by atoms with van der Waals surface area (Å²) in [5.41, 5.74) is -0.376. The number of carbonyl (C=O) groups is 3. The summed E-state index contributed by atoms with van der Waals surface area (Å²) in [4.78, 5) is 33.1. The van der Waals surface area contributed by atoms with Gasteiger partial charge in [0.1, 0.15) is 13.2 Å². The highest BCUT2D eigenvalue weighted by molar-refractivity contribution is 5.69. The van der Waals surface area contributed by atoms with Gasteiger partial charge in [0.2, 0.25) is 0 Å². The molecule has 0 aliphatic heterocycles. The molecule has 1 rings (SSSR count). The first-order valence-corrected chi connectivity index (χ1v) is 7.19. The minimum atomic E-state index is -0.845. The lowest BCUT2D eigenvalue weighted by atomic mass is 9.72.